The average Bonchev–Trinajstić information content (AvgIpc) is 3.39. The van der Waals surface area contributed by atoms with Crippen molar-refractivity contribution in [3.05, 3.63) is 53.6 Å². The summed E-state index contributed by atoms with van der Waals surface area (Å²) in [6, 6.07) is 10.7. The van der Waals surface area contributed by atoms with Gasteiger partial charge in [0.15, 0.2) is 40.3 Å². The van der Waals surface area contributed by atoms with Gasteiger partial charge < -0.3 is 18.9 Å². The van der Waals surface area contributed by atoms with Crippen LogP contribution in [0.2, 0.25) is 0 Å². The third kappa shape index (κ3) is 3.32. The summed E-state index contributed by atoms with van der Waals surface area (Å²) in [5, 5.41) is 0. The van der Waals surface area contributed by atoms with Crippen LogP contribution in [0.1, 0.15) is 29.9 Å². The smallest absolute Gasteiger partial charge is 0.231 e. The van der Waals surface area contributed by atoms with E-state index in [-0.39, 0.29) is 43.9 Å². The van der Waals surface area contributed by atoms with Gasteiger partial charge in [-0.2, -0.15) is 0 Å². The molecule has 0 unspecified atom stereocenters. The van der Waals surface area contributed by atoms with Crippen molar-refractivity contribution in [1.29, 1.82) is 0 Å². The molecule has 0 saturated heterocycles. The van der Waals surface area contributed by atoms with Crippen molar-refractivity contribution < 1.29 is 33.3 Å². The molecule has 1 aliphatic carbocycles. The van der Waals surface area contributed by atoms with E-state index in [9.17, 15) is 14.4 Å². The number of carbonyl (C=O) groups excluding carboxylic acids is 3. The maximum Gasteiger partial charge on any atom is 0.231 e. The standard InChI is InChI=1S/C23H18O7/c24-16(4-1-13-2-5-19-21(7-13)29-11-27-19)23-17(25)8-15(9-18(23)26)14-3-6-20-22(10-14)30-12-28-20/h1-7,10,15,23H,8-9,11-12H2/b4-1+. The first-order valence-electron chi connectivity index (χ1n) is 9.65. The molecule has 0 amide bonds. The molecule has 1 saturated carbocycles. The van der Waals surface area contributed by atoms with E-state index < -0.39 is 11.7 Å². The van der Waals surface area contributed by atoms with Crippen LogP contribution in [0.25, 0.3) is 6.08 Å². The first-order chi connectivity index (χ1) is 14.6. The molecule has 152 valence electrons. The van der Waals surface area contributed by atoms with E-state index in [0.717, 1.165) is 11.1 Å². The van der Waals surface area contributed by atoms with Crippen molar-refractivity contribution in [1.82, 2.24) is 0 Å². The Labute approximate surface area is 172 Å². The van der Waals surface area contributed by atoms with Crippen LogP contribution in [0.3, 0.4) is 0 Å². The molecule has 0 atom stereocenters. The Bertz CT molecular complexity index is 1070. The lowest BCUT2D eigenvalue weighted by molar-refractivity contribution is -0.140. The molecule has 0 spiro atoms. The second-order valence-corrected chi connectivity index (χ2v) is 7.43. The number of rotatable bonds is 4. The van der Waals surface area contributed by atoms with Crippen molar-refractivity contribution >= 4 is 23.4 Å². The maximum atomic E-state index is 12.7. The number of benzene rings is 2. The first kappa shape index (κ1) is 18.4. The highest BCUT2D eigenvalue weighted by Gasteiger charge is 2.39. The summed E-state index contributed by atoms with van der Waals surface area (Å²) >= 11 is 0. The van der Waals surface area contributed by atoms with Gasteiger partial charge in [0.05, 0.1) is 0 Å². The third-order valence-electron chi connectivity index (χ3n) is 5.53. The lowest BCUT2D eigenvalue weighted by Crippen LogP contribution is -2.37. The molecular formula is C23H18O7. The summed E-state index contributed by atoms with van der Waals surface area (Å²) in [5.41, 5.74) is 1.56. The van der Waals surface area contributed by atoms with Gasteiger partial charge in [-0.05, 0) is 47.4 Å². The molecule has 0 aromatic heterocycles. The van der Waals surface area contributed by atoms with Crippen LogP contribution in [0.15, 0.2) is 42.5 Å². The zero-order valence-corrected chi connectivity index (χ0v) is 16.0. The van der Waals surface area contributed by atoms with Crippen LogP contribution in [0.4, 0.5) is 0 Å². The van der Waals surface area contributed by atoms with Crippen molar-refractivity contribution in [3.8, 4) is 23.0 Å². The highest BCUT2D eigenvalue weighted by molar-refractivity contribution is 6.24. The van der Waals surface area contributed by atoms with Crippen LogP contribution in [0.5, 0.6) is 23.0 Å². The van der Waals surface area contributed by atoms with E-state index in [0.29, 0.717) is 23.0 Å². The van der Waals surface area contributed by atoms with E-state index in [2.05, 4.69) is 0 Å². The predicted molar refractivity (Wildman–Crippen MR) is 105 cm³/mol. The van der Waals surface area contributed by atoms with Crippen LogP contribution >= 0.6 is 0 Å². The molecule has 30 heavy (non-hydrogen) atoms. The van der Waals surface area contributed by atoms with E-state index >= 15 is 0 Å². The van der Waals surface area contributed by atoms with Gasteiger partial charge in [0.25, 0.3) is 0 Å². The van der Waals surface area contributed by atoms with Gasteiger partial charge in [-0.3, -0.25) is 14.4 Å². The molecule has 2 heterocycles. The summed E-state index contributed by atoms with van der Waals surface area (Å²) in [4.78, 5) is 37.9. The van der Waals surface area contributed by atoms with Crippen LogP contribution in [0, 0.1) is 5.92 Å². The topological polar surface area (TPSA) is 88.1 Å². The minimum absolute atomic E-state index is 0.139. The van der Waals surface area contributed by atoms with Gasteiger partial charge in [-0.1, -0.05) is 18.2 Å². The predicted octanol–water partition coefficient (Wildman–Crippen LogP) is 3.06. The fourth-order valence-corrected chi connectivity index (χ4v) is 3.98. The Hall–Kier alpha value is -3.61. The number of Topliss-reactive ketones (excluding diaryl/α,β-unsaturated/α-hetero) is 2. The Morgan fingerprint density at radius 3 is 2.10 bits per heavy atom. The van der Waals surface area contributed by atoms with Crippen LogP contribution in [-0.4, -0.2) is 30.9 Å². The molecule has 5 rings (SSSR count). The largest absolute Gasteiger partial charge is 0.454 e. The fraction of sp³-hybridized carbons (Fsp3) is 0.261. The average molecular weight is 406 g/mol. The van der Waals surface area contributed by atoms with Crippen molar-refractivity contribution in [2.24, 2.45) is 5.92 Å². The fourth-order valence-electron chi connectivity index (χ4n) is 3.98. The summed E-state index contributed by atoms with van der Waals surface area (Å²) in [7, 11) is 0. The quantitative estimate of drug-likeness (QED) is 0.570. The molecule has 0 N–H and O–H groups in total. The van der Waals surface area contributed by atoms with E-state index in [1.807, 2.05) is 6.07 Å². The molecule has 7 heteroatoms. The normalized spacial score (nSPS) is 22.0. The maximum absolute atomic E-state index is 12.7. The Balaban J connectivity index is 1.28. The van der Waals surface area contributed by atoms with E-state index in [4.69, 9.17) is 18.9 Å². The number of fused-ring (bicyclic) bond motifs is 2. The number of hydrogen-bond donors (Lipinski definition) is 0. The molecule has 0 radical (unpaired) electrons. The van der Waals surface area contributed by atoms with Crippen molar-refractivity contribution in [2.45, 2.75) is 18.8 Å². The second kappa shape index (κ2) is 7.33. The van der Waals surface area contributed by atoms with E-state index in [1.165, 1.54) is 6.08 Å². The SMILES string of the molecule is O=C(/C=C/c1ccc2c(c1)OCO2)C1C(=O)CC(c2ccc3c(c2)OCO3)CC1=O. The molecule has 3 aliphatic rings. The number of allylic oxidation sites excluding steroid dienone is 1. The van der Waals surface area contributed by atoms with Crippen LogP contribution < -0.4 is 18.9 Å². The van der Waals surface area contributed by atoms with E-state index in [1.54, 1.807) is 36.4 Å². The lowest BCUT2D eigenvalue weighted by atomic mass is 9.75. The Kier molecular flexibility index (Phi) is 4.50. The molecule has 2 aromatic rings. The molecule has 2 aromatic carbocycles. The zero-order valence-electron chi connectivity index (χ0n) is 16.0. The molecule has 7 nitrogen and oxygen atoms in total. The number of carbonyl (C=O) groups is 3. The second-order valence-electron chi connectivity index (χ2n) is 7.43. The molecule has 2 aliphatic heterocycles. The lowest BCUT2D eigenvalue weighted by Gasteiger charge is -2.25. The minimum Gasteiger partial charge on any atom is -0.454 e. The highest BCUT2D eigenvalue weighted by Crippen LogP contribution is 2.39. The minimum atomic E-state index is -1.24. The van der Waals surface area contributed by atoms with Gasteiger partial charge in [-0.15, -0.1) is 0 Å². The molecular weight excluding hydrogens is 388 g/mol. The van der Waals surface area contributed by atoms with Crippen molar-refractivity contribution in [3.63, 3.8) is 0 Å². The number of ether oxygens (including phenoxy) is 4. The van der Waals surface area contributed by atoms with Crippen molar-refractivity contribution in [2.75, 3.05) is 13.6 Å². The van der Waals surface area contributed by atoms with Gasteiger partial charge in [0.2, 0.25) is 13.6 Å². The number of hydrogen-bond acceptors (Lipinski definition) is 7. The first-order valence-corrected chi connectivity index (χ1v) is 9.65. The van der Waals surface area contributed by atoms with Gasteiger partial charge >= 0.3 is 0 Å². The summed E-state index contributed by atoms with van der Waals surface area (Å²) < 4.78 is 21.2. The third-order valence-corrected chi connectivity index (χ3v) is 5.53. The van der Waals surface area contributed by atoms with Gasteiger partial charge in [0, 0.05) is 12.8 Å². The zero-order chi connectivity index (χ0) is 20.7. The molecule has 1 fully saturated rings. The van der Waals surface area contributed by atoms with Gasteiger partial charge in [0.1, 0.15) is 5.92 Å². The molecule has 0 bridgehead atoms. The monoisotopic (exact) mass is 406 g/mol. The Morgan fingerprint density at radius 2 is 1.40 bits per heavy atom. The number of ketones is 3. The summed E-state index contributed by atoms with van der Waals surface area (Å²) in [6.45, 7) is 0.324. The highest BCUT2D eigenvalue weighted by atomic mass is 16.7. The summed E-state index contributed by atoms with van der Waals surface area (Å²) in [5.74, 6) is -0.199. The van der Waals surface area contributed by atoms with Gasteiger partial charge in [-0.25, -0.2) is 0 Å². The van der Waals surface area contributed by atoms with Crippen LogP contribution in [-0.2, 0) is 14.4 Å². The summed E-state index contributed by atoms with van der Waals surface area (Å²) in [6.07, 6.45) is 3.15. The Morgan fingerprint density at radius 1 is 0.800 bits per heavy atom.